The van der Waals surface area contributed by atoms with E-state index in [-0.39, 0.29) is 6.42 Å². The number of anilines is 1. The van der Waals surface area contributed by atoms with Gasteiger partial charge in [0.15, 0.2) is 0 Å². The molecule has 1 saturated heterocycles. The Morgan fingerprint density at radius 2 is 1.76 bits per heavy atom. The molecule has 0 aliphatic carbocycles. The fraction of sp³-hybridized carbons (Fsp3) is 0.273. The maximum absolute atomic E-state index is 11.0. The Morgan fingerprint density at radius 1 is 1.18 bits per heavy atom. The van der Waals surface area contributed by atoms with E-state index in [1.54, 1.807) is 31.4 Å². The molecule has 1 heterocycles. The van der Waals surface area contributed by atoms with Gasteiger partial charge in [-0.2, -0.15) is 0 Å². The van der Waals surface area contributed by atoms with E-state index in [0.29, 0.717) is 11.4 Å². The number of ether oxygens (including phenoxy) is 3. The van der Waals surface area contributed by atoms with Crippen molar-refractivity contribution in [2.75, 3.05) is 12.4 Å². The largest absolute Gasteiger partial charge is 0.497 e. The Kier molecular flexibility index (Phi) is 3.13. The standard InChI is InChI=1S/C11H11NO5/c1-15-8-4-2-7(3-5-8)12-11-16-9(13)6-10(14)17-11/h2-5,11-12H,6H2,1H3. The molecule has 90 valence electrons. The number of esters is 2. The van der Waals surface area contributed by atoms with Crippen LogP contribution in [0.3, 0.4) is 0 Å². The predicted molar refractivity (Wildman–Crippen MR) is 57.2 cm³/mol. The molecule has 6 heteroatoms. The summed E-state index contributed by atoms with van der Waals surface area (Å²) in [5.41, 5.74) is 0.651. The van der Waals surface area contributed by atoms with Gasteiger partial charge in [-0.1, -0.05) is 0 Å². The Labute approximate surface area is 97.5 Å². The third kappa shape index (κ3) is 2.87. The van der Waals surface area contributed by atoms with Crippen LogP contribution in [0, 0.1) is 0 Å². The Hall–Kier alpha value is -2.24. The first-order chi connectivity index (χ1) is 8.17. The van der Waals surface area contributed by atoms with Gasteiger partial charge in [0.1, 0.15) is 12.2 Å². The molecule has 0 spiro atoms. The molecule has 17 heavy (non-hydrogen) atoms. The average molecular weight is 237 g/mol. The van der Waals surface area contributed by atoms with Gasteiger partial charge in [-0.25, -0.2) is 0 Å². The van der Waals surface area contributed by atoms with Crippen molar-refractivity contribution in [1.29, 1.82) is 0 Å². The molecule has 0 aromatic heterocycles. The molecule has 0 saturated carbocycles. The number of carbonyl (C=O) groups is 2. The summed E-state index contributed by atoms with van der Waals surface area (Å²) < 4.78 is 14.6. The van der Waals surface area contributed by atoms with Crippen molar-refractivity contribution in [1.82, 2.24) is 0 Å². The van der Waals surface area contributed by atoms with Crippen LogP contribution in [0.1, 0.15) is 6.42 Å². The van der Waals surface area contributed by atoms with Crippen LogP contribution < -0.4 is 10.1 Å². The second-order valence-corrected chi connectivity index (χ2v) is 3.36. The lowest BCUT2D eigenvalue weighted by atomic mass is 10.3. The lowest BCUT2D eigenvalue weighted by Crippen LogP contribution is -2.37. The normalized spacial score (nSPS) is 16.1. The lowest BCUT2D eigenvalue weighted by Gasteiger charge is -2.23. The zero-order valence-electron chi connectivity index (χ0n) is 9.14. The Balaban J connectivity index is 1.99. The van der Waals surface area contributed by atoms with Crippen molar-refractivity contribution in [3.05, 3.63) is 24.3 Å². The first-order valence-corrected chi connectivity index (χ1v) is 4.97. The second kappa shape index (κ2) is 4.73. The van der Waals surface area contributed by atoms with Crippen LogP contribution in [0.4, 0.5) is 5.69 Å². The Bertz CT molecular complexity index is 412. The van der Waals surface area contributed by atoms with Gasteiger partial charge < -0.3 is 19.5 Å². The smallest absolute Gasteiger partial charge is 0.329 e. The minimum Gasteiger partial charge on any atom is -0.497 e. The molecular weight excluding hydrogens is 226 g/mol. The number of hydrogen-bond acceptors (Lipinski definition) is 6. The summed E-state index contributed by atoms with van der Waals surface area (Å²) >= 11 is 0. The number of benzene rings is 1. The minimum atomic E-state index is -1.07. The first kappa shape index (κ1) is 11.3. The van der Waals surface area contributed by atoms with Gasteiger partial charge in [-0.05, 0) is 24.3 Å². The van der Waals surface area contributed by atoms with Gasteiger partial charge in [-0.3, -0.25) is 9.59 Å². The summed E-state index contributed by atoms with van der Waals surface area (Å²) in [5, 5.41) is 2.75. The highest BCUT2D eigenvalue weighted by Crippen LogP contribution is 2.17. The quantitative estimate of drug-likeness (QED) is 0.621. The van der Waals surface area contributed by atoms with E-state index >= 15 is 0 Å². The van der Waals surface area contributed by atoms with E-state index in [1.165, 1.54) is 0 Å². The molecule has 0 amide bonds. The first-order valence-electron chi connectivity index (χ1n) is 4.97. The SMILES string of the molecule is COc1ccc(NC2OC(=O)CC(=O)O2)cc1. The molecule has 1 aromatic carbocycles. The van der Waals surface area contributed by atoms with Crippen LogP contribution in [-0.4, -0.2) is 25.5 Å². The molecule has 1 aliphatic heterocycles. The van der Waals surface area contributed by atoms with Crippen LogP contribution in [0.25, 0.3) is 0 Å². The summed E-state index contributed by atoms with van der Waals surface area (Å²) in [6, 6.07) is 6.90. The number of hydrogen-bond donors (Lipinski definition) is 1. The molecule has 1 fully saturated rings. The van der Waals surface area contributed by atoms with Crippen molar-refractivity contribution < 1.29 is 23.8 Å². The summed E-state index contributed by atoms with van der Waals surface area (Å²) in [7, 11) is 1.56. The summed E-state index contributed by atoms with van der Waals surface area (Å²) in [5.74, 6) is -0.507. The summed E-state index contributed by atoms with van der Waals surface area (Å²) in [6.07, 6.45) is -1.42. The fourth-order valence-corrected chi connectivity index (χ4v) is 1.35. The number of nitrogens with one attached hydrogen (secondary N) is 1. The molecule has 0 radical (unpaired) electrons. The van der Waals surface area contributed by atoms with Gasteiger partial charge in [0.25, 0.3) is 0 Å². The molecular formula is C11H11NO5. The van der Waals surface area contributed by atoms with Crippen LogP contribution in [0.2, 0.25) is 0 Å². The van der Waals surface area contributed by atoms with Crippen molar-refractivity contribution in [2.45, 2.75) is 12.8 Å². The molecule has 0 atom stereocenters. The highest BCUT2D eigenvalue weighted by Gasteiger charge is 2.27. The number of cyclic esters (lactones) is 2. The van der Waals surface area contributed by atoms with Gasteiger partial charge in [0.05, 0.1) is 7.11 Å². The molecule has 2 rings (SSSR count). The molecule has 0 bridgehead atoms. The highest BCUT2D eigenvalue weighted by molar-refractivity contribution is 5.92. The third-order valence-corrected chi connectivity index (χ3v) is 2.14. The van der Waals surface area contributed by atoms with Crippen LogP contribution in [0.5, 0.6) is 5.75 Å². The van der Waals surface area contributed by atoms with Crippen LogP contribution in [-0.2, 0) is 19.1 Å². The van der Waals surface area contributed by atoms with E-state index < -0.39 is 18.4 Å². The van der Waals surface area contributed by atoms with Gasteiger partial charge in [0.2, 0.25) is 0 Å². The molecule has 1 aliphatic rings. The van der Waals surface area contributed by atoms with Crippen molar-refractivity contribution in [3.63, 3.8) is 0 Å². The van der Waals surface area contributed by atoms with Crippen molar-refractivity contribution in [2.24, 2.45) is 0 Å². The third-order valence-electron chi connectivity index (χ3n) is 2.14. The monoisotopic (exact) mass is 237 g/mol. The maximum atomic E-state index is 11.0. The van der Waals surface area contributed by atoms with Crippen molar-refractivity contribution in [3.8, 4) is 5.75 Å². The molecule has 0 unspecified atom stereocenters. The van der Waals surface area contributed by atoms with E-state index in [1.807, 2.05) is 0 Å². The predicted octanol–water partition coefficient (Wildman–Crippen LogP) is 0.881. The van der Waals surface area contributed by atoms with Gasteiger partial charge in [0, 0.05) is 5.69 Å². The van der Waals surface area contributed by atoms with Crippen LogP contribution >= 0.6 is 0 Å². The second-order valence-electron chi connectivity index (χ2n) is 3.36. The number of rotatable bonds is 3. The van der Waals surface area contributed by atoms with E-state index in [4.69, 9.17) is 14.2 Å². The Morgan fingerprint density at radius 3 is 2.29 bits per heavy atom. The fourth-order valence-electron chi connectivity index (χ4n) is 1.35. The average Bonchev–Trinajstić information content (AvgIpc) is 2.28. The van der Waals surface area contributed by atoms with Gasteiger partial charge >= 0.3 is 18.4 Å². The zero-order chi connectivity index (χ0) is 12.3. The molecule has 1 N–H and O–H groups in total. The topological polar surface area (TPSA) is 73.9 Å². The summed E-state index contributed by atoms with van der Waals surface area (Å²) in [6.45, 7) is 0. The van der Waals surface area contributed by atoms with Gasteiger partial charge in [-0.15, -0.1) is 0 Å². The van der Waals surface area contributed by atoms with Crippen LogP contribution in [0.15, 0.2) is 24.3 Å². The van der Waals surface area contributed by atoms with E-state index in [0.717, 1.165) is 0 Å². The van der Waals surface area contributed by atoms with Crippen molar-refractivity contribution >= 4 is 17.6 Å². The summed E-state index contributed by atoms with van der Waals surface area (Å²) in [4.78, 5) is 22.0. The lowest BCUT2D eigenvalue weighted by molar-refractivity contribution is -0.197. The van der Waals surface area contributed by atoms with E-state index in [2.05, 4.69) is 5.32 Å². The highest BCUT2D eigenvalue weighted by atomic mass is 16.7. The minimum absolute atomic E-state index is 0.346. The number of methoxy groups -OCH3 is 1. The number of carbonyl (C=O) groups excluding carboxylic acids is 2. The van der Waals surface area contributed by atoms with E-state index in [9.17, 15) is 9.59 Å². The molecule has 1 aromatic rings. The maximum Gasteiger partial charge on any atom is 0.329 e. The molecule has 6 nitrogen and oxygen atoms in total. The zero-order valence-corrected chi connectivity index (χ0v) is 9.14.